The van der Waals surface area contributed by atoms with Crippen molar-refractivity contribution in [2.24, 2.45) is 0 Å². The molecule has 0 saturated carbocycles. The van der Waals surface area contributed by atoms with Gasteiger partial charge in [0.05, 0.1) is 24.4 Å². The molecule has 2 N–H and O–H groups in total. The lowest BCUT2D eigenvalue weighted by Gasteiger charge is -2.54. The molecule has 40 heavy (non-hydrogen) atoms. The second-order valence-corrected chi connectivity index (χ2v) is 24.8. The summed E-state index contributed by atoms with van der Waals surface area (Å²) in [6, 6.07) is 0. The average molecular weight is 594 g/mol. The molecule has 2 aromatic heterocycles. The Morgan fingerprint density at radius 2 is 1.80 bits per heavy atom. The van der Waals surface area contributed by atoms with E-state index < -0.39 is 35.3 Å². The quantitative estimate of drug-likeness (QED) is 0.409. The first-order valence-corrected chi connectivity index (χ1v) is 19.3. The molecule has 4 heterocycles. The van der Waals surface area contributed by atoms with Crippen molar-refractivity contribution in [3.63, 3.8) is 0 Å². The Hall–Kier alpha value is -1.35. The highest BCUT2D eigenvalue weighted by Crippen LogP contribution is 2.56. The number of hydrogen-bond donors (Lipinski definition) is 2. The molecule has 2 fully saturated rings. The monoisotopic (exact) mass is 593 g/mol. The molecule has 2 saturated heterocycles. The number of aliphatic hydroxyl groups excluding tert-OH is 1. The Kier molecular flexibility index (Phi) is 8.23. The van der Waals surface area contributed by atoms with Crippen LogP contribution in [0.5, 0.6) is 0 Å². The van der Waals surface area contributed by atoms with Gasteiger partial charge in [0, 0.05) is 16.3 Å². The fraction of sp³-hybridized carbons (Fsp3) is 0.793. The van der Waals surface area contributed by atoms with E-state index in [1.165, 1.54) is 6.33 Å². The zero-order valence-corrected chi connectivity index (χ0v) is 28.5. The zero-order valence-electron chi connectivity index (χ0n) is 26.5. The first-order valence-electron chi connectivity index (χ1n) is 14.6. The van der Waals surface area contributed by atoms with E-state index in [1.807, 2.05) is 10.8 Å². The smallest absolute Gasteiger partial charge is 0.349 e. The summed E-state index contributed by atoms with van der Waals surface area (Å²) < 4.78 is 29.9. The lowest BCUT2D eigenvalue weighted by atomic mass is 10.1. The van der Waals surface area contributed by atoms with Gasteiger partial charge in [-0.3, -0.25) is 4.79 Å². The van der Waals surface area contributed by atoms with Gasteiger partial charge in [-0.1, -0.05) is 62.3 Å². The number of aliphatic hydroxyl groups is 1. The van der Waals surface area contributed by atoms with E-state index in [0.29, 0.717) is 30.5 Å². The van der Waals surface area contributed by atoms with Crippen LogP contribution < -0.4 is 5.56 Å². The van der Waals surface area contributed by atoms with Gasteiger partial charge in [-0.15, -0.1) is 0 Å². The molecular weight excluding hydrogens is 543 g/mol. The minimum atomic E-state index is -2.80. The molecule has 0 amide bonds. The molecule has 2 aliphatic heterocycles. The number of aromatic amines is 1. The van der Waals surface area contributed by atoms with Gasteiger partial charge in [-0.2, -0.15) is 0 Å². The van der Waals surface area contributed by atoms with Crippen LogP contribution in [0.1, 0.15) is 87.4 Å². The summed E-state index contributed by atoms with van der Waals surface area (Å²) >= 11 is 0. The van der Waals surface area contributed by atoms with Gasteiger partial charge in [0.1, 0.15) is 24.0 Å². The SMILES string of the molecule is C[C@@H](O)CCc1cn([C@@H]2O[C@@H]3CO[Si](C(C)(C)C)(C(C)(C)C)O[C@H]3[C@H]2O[Si](C)(C)C(C)(C)C)c2nc[nH]c(=O)c12. The Bertz CT molecular complexity index is 1250. The number of aromatic nitrogens is 3. The second-order valence-electron chi connectivity index (χ2n) is 15.3. The van der Waals surface area contributed by atoms with Crippen LogP contribution in [0, 0.1) is 0 Å². The standard InChI is InChI=1S/C29H51N3O6Si2/c1-18(33)13-14-19-15-32(24-21(19)25(34)31-17-30-24)26-23(37-39(11,12)27(2,3)4)22-20(36-26)16-35-40(38-22,28(5,6)7)29(8,9)10/h15,17-18,20,22-23,26,33H,13-14,16H2,1-12H3,(H,30,31,34)/t18-,20-,22-,23-,26-/m1/s1. The third-order valence-electron chi connectivity index (χ3n) is 9.05. The van der Waals surface area contributed by atoms with Crippen molar-refractivity contribution in [2.45, 2.75) is 141 Å². The van der Waals surface area contributed by atoms with Gasteiger partial charge in [0.25, 0.3) is 5.56 Å². The second kappa shape index (κ2) is 10.4. The van der Waals surface area contributed by atoms with Gasteiger partial charge >= 0.3 is 8.56 Å². The predicted octanol–water partition coefficient (Wildman–Crippen LogP) is 5.78. The summed E-state index contributed by atoms with van der Waals surface area (Å²) in [4.78, 5) is 20.3. The molecule has 0 radical (unpaired) electrons. The molecule has 5 atom stereocenters. The van der Waals surface area contributed by atoms with Gasteiger partial charge < -0.3 is 32.7 Å². The third kappa shape index (κ3) is 5.43. The molecule has 226 valence electrons. The normalized spacial score (nSPS) is 26.7. The maximum Gasteiger partial charge on any atom is 0.349 e. The lowest BCUT2D eigenvalue weighted by molar-refractivity contribution is -0.0794. The molecular formula is C29H51N3O6Si2. The Balaban J connectivity index is 1.86. The lowest BCUT2D eigenvalue weighted by Crippen LogP contribution is -2.66. The van der Waals surface area contributed by atoms with Crippen molar-refractivity contribution >= 4 is 27.9 Å². The number of aryl methyl sites for hydroxylation is 1. The van der Waals surface area contributed by atoms with Crippen LogP contribution >= 0.6 is 0 Å². The van der Waals surface area contributed by atoms with Crippen LogP contribution in [0.3, 0.4) is 0 Å². The van der Waals surface area contributed by atoms with Crippen LogP contribution in [0.15, 0.2) is 17.3 Å². The van der Waals surface area contributed by atoms with E-state index in [4.69, 9.17) is 18.0 Å². The number of fused-ring (bicyclic) bond motifs is 2. The van der Waals surface area contributed by atoms with Crippen LogP contribution in [-0.2, 0) is 24.4 Å². The van der Waals surface area contributed by atoms with Crippen molar-refractivity contribution in [1.29, 1.82) is 0 Å². The van der Waals surface area contributed by atoms with Crippen molar-refractivity contribution < 1.29 is 23.1 Å². The molecule has 0 aliphatic carbocycles. The van der Waals surface area contributed by atoms with Gasteiger partial charge in [-0.25, -0.2) is 4.98 Å². The largest absolute Gasteiger partial charge is 0.407 e. The Morgan fingerprint density at radius 3 is 2.35 bits per heavy atom. The van der Waals surface area contributed by atoms with Crippen LogP contribution in [0.2, 0.25) is 28.2 Å². The molecule has 0 bridgehead atoms. The topological polar surface area (TPSA) is 108 Å². The summed E-state index contributed by atoms with van der Waals surface area (Å²) in [6.07, 6.45) is 2.41. The number of hydrogen-bond acceptors (Lipinski definition) is 7. The minimum Gasteiger partial charge on any atom is -0.407 e. The number of rotatable bonds is 6. The molecule has 0 aromatic carbocycles. The van der Waals surface area contributed by atoms with Gasteiger partial charge in [0.15, 0.2) is 14.5 Å². The minimum absolute atomic E-state index is 0.0278. The fourth-order valence-electron chi connectivity index (χ4n) is 6.10. The average Bonchev–Trinajstić information content (AvgIpc) is 3.33. The number of H-pyrrole nitrogens is 1. The van der Waals surface area contributed by atoms with Crippen LogP contribution in [-0.4, -0.2) is 67.5 Å². The van der Waals surface area contributed by atoms with E-state index in [0.717, 1.165) is 5.56 Å². The zero-order chi connectivity index (χ0) is 30.1. The number of ether oxygens (including phenoxy) is 1. The molecule has 0 spiro atoms. The highest BCUT2D eigenvalue weighted by molar-refractivity contribution is 6.74. The highest BCUT2D eigenvalue weighted by Gasteiger charge is 2.66. The summed E-state index contributed by atoms with van der Waals surface area (Å²) in [5.74, 6) is 0. The van der Waals surface area contributed by atoms with Crippen molar-refractivity contribution in [3.8, 4) is 0 Å². The van der Waals surface area contributed by atoms with E-state index >= 15 is 0 Å². The molecule has 2 aliphatic rings. The first-order chi connectivity index (χ1) is 18.2. The summed E-state index contributed by atoms with van der Waals surface area (Å²) in [7, 11) is -5.08. The molecule has 9 nitrogen and oxygen atoms in total. The van der Waals surface area contributed by atoms with E-state index in [2.05, 4.69) is 85.4 Å². The van der Waals surface area contributed by atoms with Crippen LogP contribution in [0.25, 0.3) is 11.0 Å². The van der Waals surface area contributed by atoms with E-state index in [-0.39, 0.29) is 32.9 Å². The summed E-state index contributed by atoms with van der Waals surface area (Å²) in [5.41, 5.74) is 1.18. The van der Waals surface area contributed by atoms with E-state index in [1.54, 1.807) is 6.92 Å². The maximum atomic E-state index is 13.0. The highest BCUT2D eigenvalue weighted by atomic mass is 28.4. The Morgan fingerprint density at radius 1 is 1.18 bits per heavy atom. The van der Waals surface area contributed by atoms with Crippen molar-refractivity contribution in [2.75, 3.05) is 6.61 Å². The molecule has 11 heteroatoms. The van der Waals surface area contributed by atoms with E-state index in [9.17, 15) is 9.90 Å². The number of nitrogens with zero attached hydrogens (tertiary/aromatic N) is 2. The predicted molar refractivity (Wildman–Crippen MR) is 162 cm³/mol. The molecule has 4 rings (SSSR count). The van der Waals surface area contributed by atoms with Gasteiger partial charge in [-0.05, 0) is 43.5 Å². The van der Waals surface area contributed by atoms with Crippen molar-refractivity contribution in [1.82, 2.24) is 14.5 Å². The fourth-order valence-corrected chi connectivity index (χ4v) is 12.3. The number of nitrogens with one attached hydrogen (secondary N) is 1. The third-order valence-corrected chi connectivity index (χ3v) is 18.6. The maximum absolute atomic E-state index is 13.0. The molecule has 0 unspecified atom stereocenters. The van der Waals surface area contributed by atoms with Gasteiger partial charge in [0.2, 0.25) is 0 Å². The Labute approximate surface area is 241 Å². The summed E-state index contributed by atoms with van der Waals surface area (Å²) in [5, 5.41) is 10.1. The van der Waals surface area contributed by atoms with Crippen molar-refractivity contribution in [3.05, 3.63) is 28.4 Å². The summed E-state index contributed by atoms with van der Waals surface area (Å²) in [6.45, 7) is 26.7. The van der Waals surface area contributed by atoms with Crippen LogP contribution in [0.4, 0.5) is 0 Å². The first kappa shape index (κ1) is 31.6. The molecule has 2 aromatic rings.